The minimum Gasteiger partial charge on any atom is -0.353 e. The van der Waals surface area contributed by atoms with Gasteiger partial charge in [0, 0.05) is 6.61 Å². The van der Waals surface area contributed by atoms with Crippen LogP contribution in [0.2, 0.25) is 13.6 Å². The third-order valence-electron chi connectivity index (χ3n) is 3.29. The summed E-state index contributed by atoms with van der Waals surface area (Å²) in [5, 5.41) is 0. The molecule has 0 N–H and O–H groups in total. The van der Waals surface area contributed by atoms with Crippen molar-refractivity contribution in [3.05, 3.63) is 29.6 Å². The Balaban J connectivity index is 0.00000180. The SMILES string of the molecule is C.CB(C)c1ccc(F)cc1COC1CCCCO1. The summed E-state index contributed by atoms with van der Waals surface area (Å²) in [5.74, 6) is -0.206. The summed E-state index contributed by atoms with van der Waals surface area (Å²) >= 11 is 0. The highest BCUT2D eigenvalue weighted by atomic mass is 19.1. The number of hydrogen-bond acceptors (Lipinski definition) is 2. The van der Waals surface area contributed by atoms with E-state index in [1.807, 2.05) is 6.07 Å². The van der Waals surface area contributed by atoms with Crippen molar-refractivity contribution in [2.45, 2.75) is 53.2 Å². The lowest BCUT2D eigenvalue weighted by Gasteiger charge is -2.23. The van der Waals surface area contributed by atoms with Gasteiger partial charge in [0.25, 0.3) is 0 Å². The molecule has 1 fully saturated rings. The van der Waals surface area contributed by atoms with E-state index >= 15 is 0 Å². The van der Waals surface area contributed by atoms with Crippen LogP contribution in [-0.4, -0.2) is 19.6 Å². The third kappa shape index (κ3) is 4.62. The average Bonchev–Trinajstić information content (AvgIpc) is 2.37. The first-order chi connectivity index (χ1) is 8.66. The van der Waals surface area contributed by atoms with E-state index in [9.17, 15) is 4.39 Å². The Kier molecular flexibility index (Phi) is 6.53. The predicted molar refractivity (Wildman–Crippen MR) is 78.6 cm³/mol. The van der Waals surface area contributed by atoms with Gasteiger partial charge >= 0.3 is 0 Å². The number of hydrogen-bond donors (Lipinski definition) is 0. The molecule has 0 aromatic heterocycles. The summed E-state index contributed by atoms with van der Waals surface area (Å²) in [6.45, 7) is 5.78. The molecule has 2 nitrogen and oxygen atoms in total. The second-order valence-corrected chi connectivity index (χ2v) is 5.10. The molecule has 0 amide bonds. The minimum atomic E-state index is -0.206. The maximum Gasteiger partial charge on any atom is 0.170 e. The average molecular weight is 266 g/mol. The highest BCUT2D eigenvalue weighted by molar-refractivity contribution is 6.71. The zero-order valence-electron chi connectivity index (χ0n) is 11.1. The van der Waals surface area contributed by atoms with Crippen molar-refractivity contribution in [2.24, 2.45) is 0 Å². The first-order valence-electron chi connectivity index (χ1n) is 6.68. The fourth-order valence-corrected chi connectivity index (χ4v) is 2.29. The van der Waals surface area contributed by atoms with Gasteiger partial charge in [-0.2, -0.15) is 0 Å². The maximum atomic E-state index is 13.3. The molecular formula is C15H24BFO2. The van der Waals surface area contributed by atoms with Crippen LogP contribution < -0.4 is 5.46 Å². The van der Waals surface area contributed by atoms with E-state index in [-0.39, 0.29) is 19.5 Å². The van der Waals surface area contributed by atoms with Crippen molar-refractivity contribution >= 4 is 12.2 Å². The predicted octanol–water partition coefficient (Wildman–Crippen LogP) is 3.47. The van der Waals surface area contributed by atoms with Crippen molar-refractivity contribution in [1.29, 1.82) is 0 Å². The zero-order chi connectivity index (χ0) is 13.0. The summed E-state index contributed by atoms with van der Waals surface area (Å²) in [4.78, 5) is 0. The molecule has 106 valence electrons. The van der Waals surface area contributed by atoms with E-state index in [4.69, 9.17) is 9.47 Å². The van der Waals surface area contributed by atoms with Gasteiger partial charge in [-0.15, -0.1) is 0 Å². The molecule has 1 aliphatic rings. The molecule has 0 saturated carbocycles. The second kappa shape index (κ2) is 7.66. The van der Waals surface area contributed by atoms with Crippen molar-refractivity contribution < 1.29 is 13.9 Å². The lowest BCUT2D eigenvalue weighted by atomic mass is 9.48. The fourth-order valence-electron chi connectivity index (χ4n) is 2.29. The molecule has 1 saturated heterocycles. The zero-order valence-corrected chi connectivity index (χ0v) is 11.1. The Morgan fingerprint density at radius 1 is 1.37 bits per heavy atom. The summed E-state index contributed by atoms with van der Waals surface area (Å²) in [5.41, 5.74) is 2.08. The van der Waals surface area contributed by atoms with Crippen molar-refractivity contribution in [3.8, 4) is 0 Å². The molecule has 1 aromatic carbocycles. The monoisotopic (exact) mass is 266 g/mol. The van der Waals surface area contributed by atoms with E-state index in [2.05, 4.69) is 13.6 Å². The van der Waals surface area contributed by atoms with Gasteiger partial charge in [-0.1, -0.05) is 32.6 Å². The van der Waals surface area contributed by atoms with E-state index < -0.39 is 0 Å². The Bertz CT molecular complexity index is 390. The normalized spacial score (nSPS) is 18.8. The molecule has 19 heavy (non-hydrogen) atoms. The van der Waals surface area contributed by atoms with Crippen LogP contribution >= 0.6 is 0 Å². The topological polar surface area (TPSA) is 18.5 Å². The van der Waals surface area contributed by atoms with Crippen LogP contribution in [0.4, 0.5) is 4.39 Å². The third-order valence-corrected chi connectivity index (χ3v) is 3.29. The van der Waals surface area contributed by atoms with Crippen LogP contribution in [0.3, 0.4) is 0 Å². The molecular weight excluding hydrogens is 242 g/mol. The fraction of sp³-hybridized carbons (Fsp3) is 0.600. The van der Waals surface area contributed by atoms with Crippen molar-refractivity contribution in [3.63, 3.8) is 0 Å². The quantitative estimate of drug-likeness (QED) is 0.777. The lowest BCUT2D eigenvalue weighted by Crippen LogP contribution is -2.29. The van der Waals surface area contributed by atoms with Gasteiger partial charge in [0.1, 0.15) is 5.82 Å². The van der Waals surface area contributed by atoms with Gasteiger partial charge in [0.15, 0.2) is 13.0 Å². The van der Waals surface area contributed by atoms with Gasteiger partial charge < -0.3 is 9.47 Å². The molecule has 0 spiro atoms. The number of ether oxygens (including phenoxy) is 2. The van der Waals surface area contributed by atoms with E-state index in [0.29, 0.717) is 13.3 Å². The molecule has 1 atom stereocenters. The smallest absolute Gasteiger partial charge is 0.170 e. The number of rotatable bonds is 4. The Morgan fingerprint density at radius 3 is 2.79 bits per heavy atom. The molecule has 0 radical (unpaired) electrons. The maximum absolute atomic E-state index is 13.3. The second-order valence-electron chi connectivity index (χ2n) is 5.10. The van der Waals surface area contributed by atoms with Gasteiger partial charge in [0.05, 0.1) is 6.61 Å². The Hall–Kier alpha value is -0.865. The Labute approximate surface area is 116 Å². The summed E-state index contributed by atoms with van der Waals surface area (Å²) in [6.07, 6.45) is 3.07. The summed E-state index contributed by atoms with van der Waals surface area (Å²) in [7, 11) is 0. The van der Waals surface area contributed by atoms with E-state index in [1.54, 1.807) is 6.07 Å². The minimum absolute atomic E-state index is 0. The molecule has 1 heterocycles. The van der Waals surface area contributed by atoms with E-state index in [1.165, 1.54) is 6.07 Å². The summed E-state index contributed by atoms with van der Waals surface area (Å²) < 4.78 is 24.5. The van der Waals surface area contributed by atoms with Crippen LogP contribution in [-0.2, 0) is 16.1 Å². The van der Waals surface area contributed by atoms with Gasteiger partial charge in [-0.05, 0) is 37.0 Å². The largest absolute Gasteiger partial charge is 0.353 e. The van der Waals surface area contributed by atoms with Gasteiger partial charge in [-0.25, -0.2) is 4.39 Å². The van der Waals surface area contributed by atoms with Crippen molar-refractivity contribution in [2.75, 3.05) is 6.61 Å². The van der Waals surface area contributed by atoms with Gasteiger partial charge in [0.2, 0.25) is 0 Å². The molecule has 1 aromatic rings. The first kappa shape index (κ1) is 16.2. The van der Waals surface area contributed by atoms with Crippen LogP contribution in [0.5, 0.6) is 0 Å². The molecule has 2 rings (SSSR count). The highest BCUT2D eigenvalue weighted by Gasteiger charge is 2.16. The molecule has 0 bridgehead atoms. The highest BCUT2D eigenvalue weighted by Crippen LogP contribution is 2.15. The molecule has 1 unspecified atom stereocenters. The van der Waals surface area contributed by atoms with Crippen molar-refractivity contribution in [1.82, 2.24) is 0 Å². The number of halogens is 1. The van der Waals surface area contributed by atoms with Crippen LogP contribution in [0.1, 0.15) is 32.3 Å². The molecule has 4 heteroatoms. The van der Waals surface area contributed by atoms with Crippen LogP contribution in [0.25, 0.3) is 0 Å². The standard InChI is InChI=1S/C14H20BFO2.CH4/c1-15(2)13-7-6-12(16)9-11(13)10-18-14-5-3-4-8-17-14;/h6-7,9,14H,3-5,8,10H2,1-2H3;1H4. The molecule has 1 aliphatic heterocycles. The molecule has 0 aliphatic carbocycles. The lowest BCUT2D eigenvalue weighted by molar-refractivity contribution is -0.168. The van der Waals surface area contributed by atoms with Crippen LogP contribution in [0, 0.1) is 5.82 Å². The van der Waals surface area contributed by atoms with E-state index in [0.717, 1.165) is 36.9 Å². The van der Waals surface area contributed by atoms with Crippen LogP contribution in [0.15, 0.2) is 18.2 Å². The first-order valence-corrected chi connectivity index (χ1v) is 6.68. The Morgan fingerprint density at radius 2 is 2.16 bits per heavy atom. The van der Waals surface area contributed by atoms with Gasteiger partial charge in [-0.3, -0.25) is 0 Å². The summed E-state index contributed by atoms with van der Waals surface area (Å²) in [6, 6.07) is 4.93. The number of benzene rings is 1.